The predicted octanol–water partition coefficient (Wildman–Crippen LogP) is -0.772. The van der Waals surface area contributed by atoms with Crippen LogP contribution in [0, 0.1) is 0 Å². The zero-order chi connectivity index (χ0) is 18.5. The molecule has 9 nitrogen and oxygen atoms in total. The first-order valence-corrected chi connectivity index (χ1v) is 9.28. The molecule has 1 aliphatic heterocycles. The molecule has 0 aliphatic carbocycles. The summed E-state index contributed by atoms with van der Waals surface area (Å²) >= 11 is 0. The molecule has 0 bridgehead atoms. The van der Waals surface area contributed by atoms with Gasteiger partial charge in [-0.3, -0.25) is 13.9 Å². The van der Waals surface area contributed by atoms with Gasteiger partial charge < -0.3 is 0 Å². The van der Waals surface area contributed by atoms with Crippen LogP contribution in [0.5, 0.6) is 0 Å². The molecule has 0 amide bonds. The molecule has 10 heteroatoms. The largest absolute Gasteiger partial charge is 0.332 e. The molecule has 1 atom stereocenters. The molecule has 2 aromatic rings. The minimum atomic E-state index is -3.46. The molecule has 1 fully saturated rings. The van der Waals surface area contributed by atoms with E-state index in [2.05, 4.69) is 4.98 Å². The monoisotopic (exact) mass is 367 g/mol. The molecule has 1 unspecified atom stereocenters. The van der Waals surface area contributed by atoms with Gasteiger partial charge in [-0.1, -0.05) is 0 Å². The summed E-state index contributed by atoms with van der Waals surface area (Å²) in [6, 6.07) is 3.40. The van der Waals surface area contributed by atoms with Crippen molar-refractivity contribution in [3.05, 3.63) is 38.7 Å². The van der Waals surface area contributed by atoms with Crippen LogP contribution in [0.3, 0.4) is 0 Å². The maximum atomic E-state index is 12.2. The van der Waals surface area contributed by atoms with E-state index in [9.17, 15) is 18.0 Å². The van der Waals surface area contributed by atoms with Gasteiger partial charge in [0.05, 0.1) is 5.39 Å². The second-order valence-corrected chi connectivity index (χ2v) is 8.59. The number of pyridine rings is 1. The third-order valence-corrected chi connectivity index (χ3v) is 6.59. The Morgan fingerprint density at radius 3 is 2.48 bits per heavy atom. The van der Waals surface area contributed by atoms with Crippen LogP contribution in [0.4, 0.5) is 0 Å². The summed E-state index contributed by atoms with van der Waals surface area (Å²) in [5, 5.41) is 0.365. The number of nitrogens with zero attached hydrogens (tertiary/aromatic N) is 5. The van der Waals surface area contributed by atoms with Gasteiger partial charge >= 0.3 is 5.69 Å². The van der Waals surface area contributed by atoms with Crippen LogP contribution in [-0.4, -0.2) is 58.3 Å². The Balaban J connectivity index is 2.02. The van der Waals surface area contributed by atoms with Gasteiger partial charge in [0.1, 0.15) is 5.65 Å². The third-order valence-electron chi connectivity index (χ3n) is 4.68. The standard InChI is InChI=1S/C15H21N5O4S/c1-17(2)25(23,24)20-8-7-10(9-20)12-6-5-11-13(16-12)18(3)15(22)19(4)14(11)21/h5-6,10H,7-9H2,1-4H3. The van der Waals surface area contributed by atoms with Gasteiger partial charge in [0.2, 0.25) is 0 Å². The van der Waals surface area contributed by atoms with Crippen molar-refractivity contribution in [2.75, 3.05) is 27.2 Å². The van der Waals surface area contributed by atoms with Crippen molar-refractivity contribution in [3.8, 4) is 0 Å². The molecule has 0 radical (unpaired) electrons. The number of aryl methyl sites for hydroxylation is 1. The molecular formula is C15H21N5O4S. The first kappa shape index (κ1) is 17.8. The van der Waals surface area contributed by atoms with Crippen molar-refractivity contribution in [1.82, 2.24) is 22.7 Å². The quantitative estimate of drug-likeness (QED) is 0.709. The van der Waals surface area contributed by atoms with E-state index in [1.54, 1.807) is 19.2 Å². The van der Waals surface area contributed by atoms with Gasteiger partial charge in [0.15, 0.2) is 0 Å². The van der Waals surface area contributed by atoms with Crippen LogP contribution in [0.15, 0.2) is 21.7 Å². The summed E-state index contributed by atoms with van der Waals surface area (Å²) in [6.07, 6.45) is 0.643. The summed E-state index contributed by atoms with van der Waals surface area (Å²) in [5.74, 6) is -0.0710. The van der Waals surface area contributed by atoms with E-state index in [0.717, 1.165) is 4.57 Å². The van der Waals surface area contributed by atoms with E-state index in [-0.39, 0.29) is 11.5 Å². The number of fused-ring (bicyclic) bond motifs is 1. The number of hydrogen-bond acceptors (Lipinski definition) is 5. The van der Waals surface area contributed by atoms with E-state index in [0.29, 0.717) is 36.2 Å². The van der Waals surface area contributed by atoms with E-state index in [1.165, 1.54) is 34.3 Å². The first-order valence-electron chi connectivity index (χ1n) is 7.89. The normalized spacial score (nSPS) is 19.2. The Hall–Kier alpha value is -2.04. The van der Waals surface area contributed by atoms with Crippen molar-refractivity contribution < 1.29 is 8.42 Å². The maximum absolute atomic E-state index is 12.2. The topological polar surface area (TPSA) is 97.5 Å². The summed E-state index contributed by atoms with van der Waals surface area (Å²) in [6.45, 7) is 0.748. The van der Waals surface area contributed by atoms with Crippen molar-refractivity contribution in [1.29, 1.82) is 0 Å². The van der Waals surface area contributed by atoms with Gasteiger partial charge in [-0.2, -0.15) is 17.0 Å². The highest BCUT2D eigenvalue weighted by molar-refractivity contribution is 7.86. The van der Waals surface area contributed by atoms with E-state index in [1.807, 2.05) is 0 Å². The van der Waals surface area contributed by atoms with Gasteiger partial charge in [-0.25, -0.2) is 9.78 Å². The second kappa shape index (κ2) is 6.04. The SMILES string of the molecule is CN(C)S(=O)(=O)N1CCC(c2ccc3c(=O)n(C)c(=O)n(C)c3n2)C1. The molecule has 25 heavy (non-hydrogen) atoms. The Labute approximate surface area is 145 Å². The summed E-state index contributed by atoms with van der Waals surface area (Å²) < 4.78 is 29.5. The molecule has 1 saturated heterocycles. The van der Waals surface area contributed by atoms with Crippen LogP contribution in [0.2, 0.25) is 0 Å². The molecule has 0 N–H and O–H groups in total. The number of aromatic nitrogens is 3. The highest BCUT2D eigenvalue weighted by Gasteiger charge is 2.34. The van der Waals surface area contributed by atoms with E-state index < -0.39 is 15.9 Å². The van der Waals surface area contributed by atoms with Crippen LogP contribution >= 0.6 is 0 Å². The Morgan fingerprint density at radius 2 is 1.84 bits per heavy atom. The number of hydrogen-bond donors (Lipinski definition) is 0. The molecule has 2 aromatic heterocycles. The fraction of sp³-hybridized carbons (Fsp3) is 0.533. The molecule has 0 spiro atoms. The fourth-order valence-electron chi connectivity index (χ4n) is 3.11. The minimum Gasteiger partial charge on any atom is -0.280 e. The van der Waals surface area contributed by atoms with Crippen LogP contribution in [0.25, 0.3) is 11.0 Å². The summed E-state index contributed by atoms with van der Waals surface area (Å²) in [5.41, 5.74) is 0.178. The van der Waals surface area contributed by atoms with Crippen LogP contribution in [0.1, 0.15) is 18.0 Å². The fourth-order valence-corrected chi connectivity index (χ4v) is 4.27. The van der Waals surface area contributed by atoms with Gasteiger partial charge in [-0.15, -0.1) is 0 Å². The zero-order valence-electron chi connectivity index (χ0n) is 14.6. The summed E-state index contributed by atoms with van der Waals surface area (Å²) in [4.78, 5) is 28.8. The van der Waals surface area contributed by atoms with Crippen molar-refractivity contribution in [2.24, 2.45) is 14.1 Å². The highest BCUT2D eigenvalue weighted by Crippen LogP contribution is 2.28. The minimum absolute atomic E-state index is 0.0710. The van der Waals surface area contributed by atoms with Crippen LogP contribution in [-0.2, 0) is 24.3 Å². The average molecular weight is 367 g/mol. The maximum Gasteiger partial charge on any atom is 0.332 e. The lowest BCUT2D eigenvalue weighted by atomic mass is 10.0. The molecule has 1 aliphatic rings. The van der Waals surface area contributed by atoms with Gasteiger partial charge in [-0.05, 0) is 18.6 Å². The lowest BCUT2D eigenvalue weighted by molar-refractivity contribution is 0.418. The third kappa shape index (κ3) is 2.79. The van der Waals surface area contributed by atoms with Gasteiger partial charge in [0.25, 0.3) is 15.8 Å². The molecule has 0 aromatic carbocycles. The average Bonchev–Trinajstić information content (AvgIpc) is 3.08. The predicted molar refractivity (Wildman–Crippen MR) is 93.8 cm³/mol. The molecule has 0 saturated carbocycles. The Kier molecular flexibility index (Phi) is 4.30. The first-order chi connectivity index (χ1) is 11.6. The van der Waals surface area contributed by atoms with Crippen molar-refractivity contribution in [3.63, 3.8) is 0 Å². The van der Waals surface area contributed by atoms with Gasteiger partial charge in [0, 0.05) is 52.9 Å². The molecule has 3 rings (SSSR count). The molecule has 136 valence electrons. The molecule has 3 heterocycles. The zero-order valence-corrected chi connectivity index (χ0v) is 15.4. The Morgan fingerprint density at radius 1 is 1.16 bits per heavy atom. The van der Waals surface area contributed by atoms with E-state index >= 15 is 0 Å². The van der Waals surface area contributed by atoms with E-state index in [4.69, 9.17) is 0 Å². The number of rotatable bonds is 3. The second-order valence-electron chi connectivity index (χ2n) is 6.45. The highest BCUT2D eigenvalue weighted by atomic mass is 32.2. The molecular weight excluding hydrogens is 346 g/mol. The summed E-state index contributed by atoms with van der Waals surface area (Å²) in [7, 11) is 2.55. The smallest absolute Gasteiger partial charge is 0.280 e. The van der Waals surface area contributed by atoms with Crippen molar-refractivity contribution in [2.45, 2.75) is 12.3 Å². The lowest BCUT2D eigenvalue weighted by Crippen LogP contribution is -2.38. The van der Waals surface area contributed by atoms with Crippen LogP contribution < -0.4 is 11.2 Å². The van der Waals surface area contributed by atoms with Crippen molar-refractivity contribution >= 4 is 21.2 Å². The Bertz CT molecular complexity index is 1050. The lowest BCUT2D eigenvalue weighted by Gasteiger charge is -2.20.